The van der Waals surface area contributed by atoms with E-state index in [1.54, 1.807) is 0 Å². The number of nitrogens with one attached hydrogen (secondary N) is 2. The lowest BCUT2D eigenvalue weighted by Gasteiger charge is -2.29. The second kappa shape index (κ2) is 12.0. The van der Waals surface area contributed by atoms with Gasteiger partial charge in [-0.25, -0.2) is 4.79 Å². The molecule has 2 amide bonds. The monoisotopic (exact) mass is 478 g/mol. The highest BCUT2D eigenvalue weighted by Gasteiger charge is 2.29. The Morgan fingerprint density at radius 2 is 1.57 bits per heavy atom. The summed E-state index contributed by atoms with van der Waals surface area (Å²) >= 11 is 0. The Morgan fingerprint density at radius 3 is 2.17 bits per heavy atom. The lowest BCUT2D eigenvalue weighted by molar-refractivity contribution is -0.146. The number of hydrogen-bond acceptors (Lipinski definition) is 3. The maximum absolute atomic E-state index is 12.5. The lowest BCUT2D eigenvalue weighted by Crippen LogP contribution is -2.49. The Morgan fingerprint density at radius 1 is 0.943 bits per heavy atom. The minimum atomic E-state index is -1.24. The molecule has 2 aromatic carbocycles. The van der Waals surface area contributed by atoms with Crippen LogP contribution in [0.3, 0.4) is 0 Å². The molecule has 3 N–H and O–H groups in total. The van der Waals surface area contributed by atoms with Crippen molar-refractivity contribution in [1.82, 2.24) is 5.32 Å². The number of anilines is 1. The van der Waals surface area contributed by atoms with Gasteiger partial charge in [-0.3, -0.25) is 9.59 Å². The van der Waals surface area contributed by atoms with E-state index in [0.29, 0.717) is 24.7 Å². The molecule has 6 nitrogen and oxygen atoms in total. The Bertz CT molecular complexity index is 993. The minimum absolute atomic E-state index is 0.0189. The van der Waals surface area contributed by atoms with Crippen molar-refractivity contribution in [2.24, 2.45) is 5.92 Å². The summed E-state index contributed by atoms with van der Waals surface area (Å²) in [6, 6.07) is 18.3. The number of carbonyl (C=O) groups is 3. The van der Waals surface area contributed by atoms with E-state index in [1.807, 2.05) is 30.3 Å². The molecule has 188 valence electrons. The first-order valence-electron chi connectivity index (χ1n) is 12.6. The van der Waals surface area contributed by atoms with Gasteiger partial charge < -0.3 is 15.7 Å². The van der Waals surface area contributed by atoms with E-state index in [4.69, 9.17) is 5.11 Å². The Hall–Kier alpha value is -3.15. The van der Waals surface area contributed by atoms with E-state index in [2.05, 4.69) is 41.8 Å². The van der Waals surface area contributed by atoms with Crippen LogP contribution in [0.4, 0.5) is 5.69 Å². The van der Waals surface area contributed by atoms with Crippen LogP contribution >= 0.6 is 0 Å². The Labute approximate surface area is 208 Å². The standard InChI is InChI=1S/C29H38N2O4/c1-20(22-7-5-4-6-8-22)19-27(33)30-25-16-14-24(15-17-25)23-12-9-21(10-13-23)11-18-26(32)31-29(2,3)28(34)35/h4-8,14-17,20-21,23H,9-13,18-19H2,1-3H3,(H,30,33)(H,31,32)(H,34,35). The van der Waals surface area contributed by atoms with Crippen molar-refractivity contribution >= 4 is 23.5 Å². The van der Waals surface area contributed by atoms with Crippen molar-refractivity contribution in [1.29, 1.82) is 0 Å². The fraction of sp³-hybridized carbons (Fsp3) is 0.483. The van der Waals surface area contributed by atoms with Crippen molar-refractivity contribution in [2.75, 3.05) is 5.32 Å². The van der Waals surface area contributed by atoms with Crippen LogP contribution in [-0.2, 0) is 14.4 Å². The summed E-state index contributed by atoms with van der Waals surface area (Å²) in [4.78, 5) is 35.8. The topological polar surface area (TPSA) is 95.5 Å². The number of amides is 2. The van der Waals surface area contributed by atoms with Gasteiger partial charge in [0.2, 0.25) is 11.8 Å². The molecule has 0 bridgehead atoms. The second-order valence-corrected chi connectivity index (χ2v) is 10.4. The predicted octanol–water partition coefficient (Wildman–Crippen LogP) is 5.85. The summed E-state index contributed by atoms with van der Waals surface area (Å²) in [5.41, 5.74) is 2.04. The first-order chi connectivity index (χ1) is 16.6. The number of hydrogen-bond donors (Lipinski definition) is 3. The average molecular weight is 479 g/mol. The molecule has 1 fully saturated rings. The highest BCUT2D eigenvalue weighted by atomic mass is 16.4. The molecule has 1 aliphatic carbocycles. The molecule has 0 aliphatic heterocycles. The third-order valence-electron chi connectivity index (χ3n) is 7.14. The van der Waals surface area contributed by atoms with E-state index in [1.165, 1.54) is 25.0 Å². The molecule has 3 rings (SSSR count). The number of rotatable bonds is 10. The Balaban J connectivity index is 1.41. The molecule has 0 saturated heterocycles. The highest BCUT2D eigenvalue weighted by molar-refractivity contribution is 5.91. The van der Waals surface area contributed by atoms with Gasteiger partial charge in [-0.2, -0.15) is 0 Å². The molecule has 2 aromatic rings. The van der Waals surface area contributed by atoms with Gasteiger partial charge in [-0.1, -0.05) is 49.4 Å². The van der Waals surface area contributed by atoms with Gasteiger partial charge in [-0.05, 0) is 87.0 Å². The molecule has 35 heavy (non-hydrogen) atoms. The van der Waals surface area contributed by atoms with Crippen molar-refractivity contribution in [2.45, 2.75) is 83.1 Å². The molecule has 1 unspecified atom stereocenters. The molecule has 0 spiro atoms. The quantitative estimate of drug-likeness (QED) is 0.399. The van der Waals surface area contributed by atoms with Gasteiger partial charge in [0.05, 0.1) is 0 Å². The van der Waals surface area contributed by atoms with Crippen LogP contribution in [0.1, 0.15) is 88.7 Å². The summed E-state index contributed by atoms with van der Waals surface area (Å²) in [5, 5.41) is 14.8. The number of aliphatic carboxylic acids is 1. The fourth-order valence-electron chi connectivity index (χ4n) is 4.81. The zero-order valence-corrected chi connectivity index (χ0v) is 21.0. The van der Waals surface area contributed by atoms with Gasteiger partial charge in [0.1, 0.15) is 5.54 Å². The average Bonchev–Trinajstić information content (AvgIpc) is 2.83. The summed E-state index contributed by atoms with van der Waals surface area (Å²) in [6.07, 6.45) is 5.89. The van der Waals surface area contributed by atoms with Gasteiger partial charge in [0, 0.05) is 18.5 Å². The van der Waals surface area contributed by atoms with Crippen LogP contribution in [-0.4, -0.2) is 28.4 Å². The number of benzene rings is 2. The van der Waals surface area contributed by atoms with E-state index in [-0.39, 0.29) is 17.7 Å². The zero-order chi connectivity index (χ0) is 25.4. The second-order valence-electron chi connectivity index (χ2n) is 10.4. The van der Waals surface area contributed by atoms with E-state index in [0.717, 1.165) is 37.8 Å². The Kier molecular flexibility index (Phi) is 9.07. The van der Waals surface area contributed by atoms with E-state index < -0.39 is 11.5 Å². The summed E-state index contributed by atoms with van der Waals surface area (Å²) < 4.78 is 0. The largest absolute Gasteiger partial charge is 0.480 e. The van der Waals surface area contributed by atoms with Crippen molar-refractivity contribution in [3.8, 4) is 0 Å². The molecule has 0 aromatic heterocycles. The first-order valence-corrected chi connectivity index (χ1v) is 12.6. The molecule has 1 aliphatic rings. The zero-order valence-electron chi connectivity index (χ0n) is 21.0. The van der Waals surface area contributed by atoms with Crippen LogP contribution in [0.25, 0.3) is 0 Å². The summed E-state index contributed by atoms with van der Waals surface area (Å²) in [6.45, 7) is 5.07. The molecule has 1 atom stereocenters. The van der Waals surface area contributed by atoms with Gasteiger partial charge in [-0.15, -0.1) is 0 Å². The summed E-state index contributed by atoms with van der Waals surface area (Å²) in [7, 11) is 0. The van der Waals surface area contributed by atoms with Crippen molar-refractivity contribution < 1.29 is 19.5 Å². The van der Waals surface area contributed by atoms with Gasteiger partial charge >= 0.3 is 5.97 Å². The maximum atomic E-state index is 12.5. The summed E-state index contributed by atoms with van der Waals surface area (Å²) in [5.74, 6) is -0.0521. The molecule has 0 heterocycles. The molecular weight excluding hydrogens is 440 g/mol. The van der Waals surface area contributed by atoms with Gasteiger partial charge in [0.15, 0.2) is 0 Å². The normalized spacial score (nSPS) is 18.9. The van der Waals surface area contributed by atoms with Crippen LogP contribution < -0.4 is 10.6 Å². The van der Waals surface area contributed by atoms with Crippen LogP contribution in [0, 0.1) is 5.92 Å². The van der Waals surface area contributed by atoms with Crippen LogP contribution in [0.5, 0.6) is 0 Å². The van der Waals surface area contributed by atoms with Gasteiger partial charge in [0.25, 0.3) is 0 Å². The smallest absolute Gasteiger partial charge is 0.328 e. The van der Waals surface area contributed by atoms with Crippen molar-refractivity contribution in [3.63, 3.8) is 0 Å². The fourth-order valence-corrected chi connectivity index (χ4v) is 4.81. The lowest BCUT2D eigenvalue weighted by atomic mass is 9.77. The molecule has 0 radical (unpaired) electrons. The maximum Gasteiger partial charge on any atom is 0.328 e. The third kappa shape index (κ3) is 7.94. The number of carboxylic acids is 1. The van der Waals surface area contributed by atoms with E-state index in [9.17, 15) is 14.4 Å². The third-order valence-corrected chi connectivity index (χ3v) is 7.14. The number of carbonyl (C=O) groups excluding carboxylic acids is 2. The van der Waals surface area contributed by atoms with Crippen molar-refractivity contribution in [3.05, 3.63) is 65.7 Å². The van der Waals surface area contributed by atoms with E-state index >= 15 is 0 Å². The molecule has 6 heteroatoms. The van der Waals surface area contributed by atoms with Crippen LogP contribution in [0.2, 0.25) is 0 Å². The van der Waals surface area contributed by atoms with Crippen LogP contribution in [0.15, 0.2) is 54.6 Å². The highest BCUT2D eigenvalue weighted by Crippen LogP contribution is 2.37. The molecular formula is C29H38N2O4. The SMILES string of the molecule is CC(CC(=O)Nc1ccc(C2CCC(CCC(=O)NC(C)(C)C(=O)O)CC2)cc1)c1ccccc1. The minimum Gasteiger partial charge on any atom is -0.480 e. The predicted molar refractivity (Wildman–Crippen MR) is 138 cm³/mol. The number of carboxylic acid groups (broad SMARTS) is 1. The first kappa shape index (κ1) is 26.5. The molecule has 1 saturated carbocycles.